The topological polar surface area (TPSA) is 87.9 Å². The standard InChI is InChI=1S/C30H32FN7O2/c1-18-11-20-16-37(15-19-5-8-36(2)9-6-19)29(39)27-28-24(22(20)12-32-18)14-34-30(38(28)17-35-27)33-13-23-21-7-10-40-26(21)4-3-25(23)31/h3-4,11-12,14,17,19H,5-10,13,15-16H2,1-2H3,(H,33,34). The Kier molecular flexibility index (Phi) is 6.14. The first kappa shape index (κ1) is 25.0. The summed E-state index contributed by atoms with van der Waals surface area (Å²) in [6.07, 6.45) is 8.09. The third-order valence-corrected chi connectivity index (χ3v) is 8.51. The molecule has 10 heteroatoms. The first-order valence-electron chi connectivity index (χ1n) is 13.9. The third kappa shape index (κ3) is 4.27. The molecule has 40 heavy (non-hydrogen) atoms. The van der Waals surface area contributed by atoms with Crippen LogP contribution in [0.25, 0.3) is 16.6 Å². The highest BCUT2D eigenvalue weighted by molar-refractivity contribution is 6.04. The first-order chi connectivity index (χ1) is 19.5. The number of aromatic nitrogens is 4. The van der Waals surface area contributed by atoms with Gasteiger partial charge in [-0.15, -0.1) is 0 Å². The normalized spacial score (nSPS) is 17.4. The fourth-order valence-corrected chi connectivity index (χ4v) is 6.29. The van der Waals surface area contributed by atoms with E-state index in [0.717, 1.165) is 59.6 Å². The molecule has 1 fully saturated rings. The number of aryl methyl sites for hydroxylation is 1. The van der Waals surface area contributed by atoms with Crippen LogP contribution in [-0.4, -0.2) is 68.3 Å². The van der Waals surface area contributed by atoms with E-state index >= 15 is 0 Å². The number of imidazole rings is 1. The fraction of sp³-hybridized carbons (Fsp3) is 0.400. The van der Waals surface area contributed by atoms with Gasteiger partial charge in [-0.25, -0.2) is 14.4 Å². The fourth-order valence-electron chi connectivity index (χ4n) is 6.29. The van der Waals surface area contributed by atoms with Gasteiger partial charge in [-0.05, 0) is 69.6 Å². The first-order valence-corrected chi connectivity index (χ1v) is 13.9. The van der Waals surface area contributed by atoms with Crippen molar-refractivity contribution < 1.29 is 13.9 Å². The van der Waals surface area contributed by atoms with Gasteiger partial charge in [0, 0.05) is 66.4 Å². The Morgan fingerprint density at radius 1 is 1.12 bits per heavy atom. The van der Waals surface area contributed by atoms with Crippen molar-refractivity contribution in [2.75, 3.05) is 38.6 Å². The van der Waals surface area contributed by atoms with Crippen LogP contribution in [0.2, 0.25) is 0 Å². The summed E-state index contributed by atoms with van der Waals surface area (Å²) in [4.78, 5) is 32.2. The number of carbonyl (C=O) groups excluding carboxylic acids is 1. The zero-order valence-corrected chi connectivity index (χ0v) is 22.8. The molecule has 1 aromatic carbocycles. The summed E-state index contributed by atoms with van der Waals surface area (Å²) in [6.45, 7) is 6.04. The molecule has 3 aromatic heterocycles. The van der Waals surface area contributed by atoms with E-state index in [1.54, 1.807) is 18.6 Å². The third-order valence-electron chi connectivity index (χ3n) is 8.51. The smallest absolute Gasteiger partial charge is 0.275 e. The average Bonchev–Trinajstić information content (AvgIpc) is 3.61. The zero-order chi connectivity index (χ0) is 27.4. The van der Waals surface area contributed by atoms with Crippen LogP contribution in [0.4, 0.5) is 10.3 Å². The summed E-state index contributed by atoms with van der Waals surface area (Å²) in [7, 11) is 2.15. The number of pyridine rings is 1. The number of ether oxygens (including phenoxy) is 1. The van der Waals surface area contributed by atoms with E-state index in [0.29, 0.717) is 54.8 Å². The Balaban J connectivity index is 1.28. The minimum atomic E-state index is -0.277. The molecule has 0 aliphatic carbocycles. The van der Waals surface area contributed by atoms with Crippen LogP contribution >= 0.6 is 0 Å². The van der Waals surface area contributed by atoms with Gasteiger partial charge < -0.3 is 19.9 Å². The lowest BCUT2D eigenvalue weighted by Crippen LogP contribution is -2.40. The van der Waals surface area contributed by atoms with Crippen molar-refractivity contribution in [1.82, 2.24) is 29.2 Å². The number of nitrogens with zero attached hydrogens (tertiary/aromatic N) is 6. The second-order valence-electron chi connectivity index (χ2n) is 11.2. The van der Waals surface area contributed by atoms with Crippen molar-refractivity contribution in [1.29, 1.82) is 0 Å². The van der Waals surface area contributed by atoms with E-state index in [-0.39, 0.29) is 18.3 Å². The number of likely N-dealkylation sites (tertiary alicyclic amines) is 1. The van der Waals surface area contributed by atoms with Crippen LogP contribution in [0.3, 0.4) is 0 Å². The molecule has 0 bridgehead atoms. The number of rotatable bonds is 5. The van der Waals surface area contributed by atoms with Gasteiger partial charge in [-0.1, -0.05) is 0 Å². The summed E-state index contributed by atoms with van der Waals surface area (Å²) in [5, 5.41) is 3.30. The quantitative estimate of drug-likeness (QED) is 0.407. The molecule has 3 aliphatic rings. The molecule has 3 aliphatic heterocycles. The van der Waals surface area contributed by atoms with Crippen molar-refractivity contribution in [2.24, 2.45) is 5.92 Å². The molecule has 206 valence electrons. The van der Waals surface area contributed by atoms with Crippen molar-refractivity contribution in [3.63, 3.8) is 0 Å². The molecule has 1 saturated heterocycles. The van der Waals surface area contributed by atoms with Crippen molar-refractivity contribution in [2.45, 2.75) is 39.3 Å². The molecule has 0 radical (unpaired) electrons. The number of fused-ring (bicyclic) bond motifs is 3. The van der Waals surface area contributed by atoms with E-state index in [2.05, 4.69) is 33.3 Å². The maximum Gasteiger partial charge on any atom is 0.275 e. The number of halogens is 1. The summed E-state index contributed by atoms with van der Waals surface area (Å²) < 4.78 is 22.2. The predicted molar refractivity (Wildman–Crippen MR) is 149 cm³/mol. The summed E-state index contributed by atoms with van der Waals surface area (Å²) >= 11 is 0. The van der Waals surface area contributed by atoms with E-state index in [1.807, 2.05) is 22.4 Å². The van der Waals surface area contributed by atoms with E-state index < -0.39 is 0 Å². The lowest BCUT2D eigenvalue weighted by atomic mass is 9.94. The van der Waals surface area contributed by atoms with Crippen LogP contribution in [0.1, 0.15) is 45.7 Å². The summed E-state index contributed by atoms with van der Waals surface area (Å²) in [5.74, 6) is 1.31. The van der Waals surface area contributed by atoms with Gasteiger partial charge in [-0.2, -0.15) is 0 Å². The average molecular weight is 542 g/mol. The van der Waals surface area contributed by atoms with E-state index in [4.69, 9.17) is 9.72 Å². The van der Waals surface area contributed by atoms with Gasteiger partial charge in [0.1, 0.15) is 17.9 Å². The molecular formula is C30H32FN7O2. The Bertz CT molecular complexity index is 1630. The molecule has 7 rings (SSSR count). The van der Waals surface area contributed by atoms with Crippen LogP contribution in [-0.2, 0) is 19.5 Å². The van der Waals surface area contributed by atoms with Crippen LogP contribution < -0.4 is 10.1 Å². The van der Waals surface area contributed by atoms with Gasteiger partial charge in [0.05, 0.1) is 12.1 Å². The number of nitrogens with one attached hydrogen (secondary N) is 1. The molecule has 0 unspecified atom stereocenters. The monoisotopic (exact) mass is 541 g/mol. The Morgan fingerprint density at radius 2 is 1.95 bits per heavy atom. The van der Waals surface area contributed by atoms with Crippen LogP contribution in [0.5, 0.6) is 5.75 Å². The van der Waals surface area contributed by atoms with Gasteiger partial charge in [-0.3, -0.25) is 14.2 Å². The number of anilines is 1. The summed E-state index contributed by atoms with van der Waals surface area (Å²) in [6, 6.07) is 5.19. The van der Waals surface area contributed by atoms with Gasteiger partial charge >= 0.3 is 0 Å². The molecule has 4 aromatic rings. The Morgan fingerprint density at radius 3 is 2.80 bits per heavy atom. The maximum absolute atomic E-state index is 14.8. The van der Waals surface area contributed by atoms with Crippen molar-refractivity contribution in [3.8, 4) is 16.9 Å². The minimum Gasteiger partial charge on any atom is -0.493 e. The lowest BCUT2D eigenvalue weighted by Gasteiger charge is -2.34. The molecule has 6 heterocycles. The second kappa shape index (κ2) is 9.85. The number of piperidine rings is 1. The number of carbonyl (C=O) groups is 1. The number of benzene rings is 1. The number of amides is 1. The molecule has 1 N–H and O–H groups in total. The molecule has 0 atom stereocenters. The van der Waals surface area contributed by atoms with Crippen molar-refractivity contribution in [3.05, 3.63) is 70.8 Å². The molecule has 0 saturated carbocycles. The number of hydrogen-bond donors (Lipinski definition) is 1. The van der Waals surface area contributed by atoms with E-state index in [1.165, 1.54) is 6.07 Å². The molecule has 9 nitrogen and oxygen atoms in total. The Hall–Kier alpha value is -4.05. The highest BCUT2D eigenvalue weighted by atomic mass is 19.1. The molecule has 1 amide bonds. The largest absolute Gasteiger partial charge is 0.493 e. The highest BCUT2D eigenvalue weighted by Crippen LogP contribution is 2.35. The van der Waals surface area contributed by atoms with Gasteiger partial charge in [0.25, 0.3) is 5.91 Å². The van der Waals surface area contributed by atoms with Gasteiger partial charge in [0.15, 0.2) is 5.69 Å². The second-order valence-corrected chi connectivity index (χ2v) is 11.2. The lowest BCUT2D eigenvalue weighted by molar-refractivity contribution is 0.0679. The maximum atomic E-state index is 14.8. The zero-order valence-electron chi connectivity index (χ0n) is 22.8. The van der Waals surface area contributed by atoms with Crippen LogP contribution in [0.15, 0.2) is 36.9 Å². The SMILES string of the molecule is Cc1cc2c(cn1)-c1cnc(NCc3c(F)ccc4c3CCO4)n3cnc(c13)C(=O)N(CC1CCN(C)CC1)C2. The van der Waals surface area contributed by atoms with Crippen molar-refractivity contribution >= 4 is 17.4 Å². The Labute approximate surface area is 232 Å². The summed E-state index contributed by atoms with van der Waals surface area (Å²) in [5.41, 5.74) is 6.26. The highest BCUT2D eigenvalue weighted by Gasteiger charge is 2.31. The van der Waals surface area contributed by atoms with E-state index in [9.17, 15) is 9.18 Å². The predicted octanol–water partition coefficient (Wildman–Crippen LogP) is 4.08. The molecule has 0 spiro atoms. The van der Waals surface area contributed by atoms with Gasteiger partial charge in [0.2, 0.25) is 5.95 Å². The molecular weight excluding hydrogens is 509 g/mol. The van der Waals surface area contributed by atoms with Crippen LogP contribution in [0, 0.1) is 18.7 Å². The number of hydrogen-bond acceptors (Lipinski definition) is 7. The minimum absolute atomic E-state index is 0.0796.